The van der Waals surface area contributed by atoms with E-state index in [4.69, 9.17) is 9.47 Å². The van der Waals surface area contributed by atoms with Crippen molar-refractivity contribution in [2.45, 2.75) is 13.8 Å². The zero-order chi connectivity index (χ0) is 14.8. The van der Waals surface area contributed by atoms with E-state index in [0.29, 0.717) is 13.3 Å². The second-order valence-electron chi connectivity index (χ2n) is 5.43. The molecule has 0 bridgehead atoms. The summed E-state index contributed by atoms with van der Waals surface area (Å²) in [4.78, 5) is 13.6. The molecule has 1 aromatic carbocycles. The van der Waals surface area contributed by atoms with Crippen LogP contribution in [0.5, 0.6) is 0 Å². The van der Waals surface area contributed by atoms with E-state index in [1.54, 1.807) is 0 Å². The predicted molar refractivity (Wildman–Crippen MR) is 76.0 cm³/mol. The average molecular weight is 279 g/mol. The van der Waals surface area contributed by atoms with Crippen molar-refractivity contribution in [1.29, 1.82) is 0 Å². The lowest BCUT2D eigenvalue weighted by Gasteiger charge is -2.41. The Morgan fingerprint density at radius 3 is 2.65 bits per heavy atom. The molecule has 1 aliphatic rings. The van der Waals surface area contributed by atoms with Crippen LogP contribution in [0.15, 0.2) is 18.2 Å². The summed E-state index contributed by atoms with van der Waals surface area (Å²) in [6.07, 6.45) is 0. The topological polar surface area (TPSA) is 59.0 Å². The highest BCUT2D eigenvalue weighted by atomic mass is 16.5. The van der Waals surface area contributed by atoms with Gasteiger partial charge in [0.1, 0.15) is 12.1 Å². The lowest BCUT2D eigenvalue weighted by molar-refractivity contribution is -0.159. The predicted octanol–water partition coefficient (Wildman–Crippen LogP) is 1.81. The number of nitrogens with zero attached hydrogens (tertiary/aromatic N) is 1. The largest absolute Gasteiger partial charge is 0.481 e. The number of carboxylic acid groups (broad SMARTS) is 1. The number of carboxylic acids is 1. The van der Waals surface area contributed by atoms with Crippen LogP contribution in [0.1, 0.15) is 11.1 Å². The minimum Gasteiger partial charge on any atom is -0.481 e. The fourth-order valence-corrected chi connectivity index (χ4v) is 2.81. The Morgan fingerprint density at radius 1 is 1.45 bits per heavy atom. The van der Waals surface area contributed by atoms with Crippen molar-refractivity contribution in [2.75, 3.05) is 38.5 Å². The minimum absolute atomic E-state index is 0.143. The van der Waals surface area contributed by atoms with Crippen LogP contribution in [0.3, 0.4) is 0 Å². The summed E-state index contributed by atoms with van der Waals surface area (Å²) in [6.45, 7) is 5.17. The molecule has 2 rings (SSSR count). The van der Waals surface area contributed by atoms with E-state index in [1.165, 1.54) is 7.11 Å². The second-order valence-corrected chi connectivity index (χ2v) is 5.43. The van der Waals surface area contributed by atoms with Gasteiger partial charge in [-0.25, -0.2) is 0 Å². The summed E-state index contributed by atoms with van der Waals surface area (Å²) >= 11 is 0. The summed E-state index contributed by atoms with van der Waals surface area (Å²) in [6, 6.07) is 6.05. The number of ether oxygens (including phenoxy) is 2. The van der Waals surface area contributed by atoms with Crippen LogP contribution < -0.4 is 4.90 Å². The number of methoxy groups -OCH3 is 1. The van der Waals surface area contributed by atoms with E-state index in [9.17, 15) is 9.90 Å². The molecule has 0 aromatic heterocycles. The van der Waals surface area contributed by atoms with Crippen molar-refractivity contribution in [2.24, 2.45) is 5.41 Å². The molecule has 0 amide bonds. The highest BCUT2D eigenvalue weighted by molar-refractivity contribution is 5.77. The first-order chi connectivity index (χ1) is 9.50. The van der Waals surface area contributed by atoms with Crippen molar-refractivity contribution in [3.63, 3.8) is 0 Å². The molecule has 20 heavy (non-hydrogen) atoms. The Bertz CT molecular complexity index is 478. The Morgan fingerprint density at radius 2 is 2.10 bits per heavy atom. The van der Waals surface area contributed by atoms with Crippen molar-refractivity contribution in [1.82, 2.24) is 0 Å². The quantitative estimate of drug-likeness (QED) is 0.911. The maximum Gasteiger partial charge on any atom is 0.316 e. The van der Waals surface area contributed by atoms with Gasteiger partial charge in [0, 0.05) is 19.3 Å². The molecule has 0 radical (unpaired) electrons. The molecule has 5 nitrogen and oxygen atoms in total. The number of benzene rings is 1. The van der Waals surface area contributed by atoms with Gasteiger partial charge in [0.25, 0.3) is 0 Å². The molecule has 0 aliphatic carbocycles. The molecular formula is C15H21NO4. The standard InChI is InChI=1S/C15H21NO4/c1-11-5-4-6-12(2)13(11)16-7-15(8-19-3,14(17)18)9-20-10-16/h4-6H,7-10H2,1-3H3,(H,17,18). The van der Waals surface area contributed by atoms with Gasteiger partial charge in [-0.1, -0.05) is 18.2 Å². The molecule has 1 N–H and O–H groups in total. The fourth-order valence-electron chi connectivity index (χ4n) is 2.81. The number of aliphatic carboxylic acids is 1. The van der Waals surface area contributed by atoms with Crippen molar-refractivity contribution in [3.05, 3.63) is 29.3 Å². The third-order valence-electron chi connectivity index (χ3n) is 3.75. The van der Waals surface area contributed by atoms with E-state index in [1.807, 2.05) is 36.9 Å². The van der Waals surface area contributed by atoms with Crippen LogP contribution in [0, 0.1) is 19.3 Å². The van der Waals surface area contributed by atoms with E-state index >= 15 is 0 Å². The lowest BCUT2D eigenvalue weighted by atomic mass is 9.88. The SMILES string of the molecule is COCC1(C(=O)O)COCN(c2c(C)cccc2C)C1. The van der Waals surface area contributed by atoms with Crippen LogP contribution in [0.4, 0.5) is 5.69 Å². The Kier molecular flexibility index (Phi) is 4.30. The Labute approximate surface area is 119 Å². The van der Waals surface area contributed by atoms with E-state index in [0.717, 1.165) is 16.8 Å². The highest BCUT2D eigenvalue weighted by Crippen LogP contribution is 2.32. The summed E-state index contributed by atoms with van der Waals surface area (Å²) in [5, 5.41) is 9.54. The monoisotopic (exact) mass is 279 g/mol. The maximum absolute atomic E-state index is 11.6. The summed E-state index contributed by atoms with van der Waals surface area (Å²) in [7, 11) is 1.52. The van der Waals surface area contributed by atoms with Crippen LogP contribution in [0.25, 0.3) is 0 Å². The first-order valence-electron chi connectivity index (χ1n) is 6.61. The fraction of sp³-hybridized carbons (Fsp3) is 0.533. The van der Waals surface area contributed by atoms with Crippen LogP contribution in [-0.4, -0.2) is 44.7 Å². The number of aryl methyl sites for hydroxylation is 2. The molecule has 0 saturated carbocycles. The lowest BCUT2D eigenvalue weighted by Crippen LogP contribution is -2.54. The van der Waals surface area contributed by atoms with E-state index < -0.39 is 11.4 Å². The van der Waals surface area contributed by atoms with Gasteiger partial charge in [-0.2, -0.15) is 0 Å². The van der Waals surface area contributed by atoms with Crippen LogP contribution in [0.2, 0.25) is 0 Å². The van der Waals surface area contributed by atoms with Crippen molar-refractivity contribution >= 4 is 11.7 Å². The van der Waals surface area contributed by atoms with Crippen LogP contribution >= 0.6 is 0 Å². The molecule has 1 unspecified atom stereocenters. The van der Waals surface area contributed by atoms with Crippen LogP contribution in [-0.2, 0) is 14.3 Å². The number of anilines is 1. The number of carbonyl (C=O) groups is 1. The van der Waals surface area contributed by atoms with Gasteiger partial charge in [-0.15, -0.1) is 0 Å². The molecule has 1 aromatic rings. The Balaban J connectivity index is 2.32. The van der Waals surface area contributed by atoms with Gasteiger partial charge in [-0.3, -0.25) is 4.79 Å². The van der Waals surface area contributed by atoms with Gasteiger partial charge in [0.2, 0.25) is 0 Å². The molecule has 1 fully saturated rings. The summed E-state index contributed by atoms with van der Waals surface area (Å²) in [5.41, 5.74) is 2.27. The molecule has 1 saturated heterocycles. The zero-order valence-electron chi connectivity index (χ0n) is 12.2. The average Bonchev–Trinajstić information content (AvgIpc) is 2.39. The minimum atomic E-state index is -1.01. The first-order valence-corrected chi connectivity index (χ1v) is 6.61. The van der Waals surface area contributed by atoms with Gasteiger partial charge in [0.05, 0.1) is 13.2 Å². The molecule has 1 heterocycles. The molecule has 110 valence electrons. The normalized spacial score (nSPS) is 22.9. The van der Waals surface area contributed by atoms with Gasteiger partial charge >= 0.3 is 5.97 Å². The zero-order valence-corrected chi connectivity index (χ0v) is 12.2. The molecule has 1 aliphatic heterocycles. The molecule has 5 heteroatoms. The van der Waals surface area contributed by atoms with Gasteiger partial charge < -0.3 is 19.5 Å². The highest BCUT2D eigenvalue weighted by Gasteiger charge is 2.44. The molecule has 1 atom stereocenters. The third kappa shape index (κ3) is 2.64. The van der Waals surface area contributed by atoms with E-state index in [-0.39, 0.29) is 13.2 Å². The number of hydrogen-bond acceptors (Lipinski definition) is 4. The number of hydrogen-bond donors (Lipinski definition) is 1. The van der Waals surface area contributed by atoms with Gasteiger partial charge in [0.15, 0.2) is 0 Å². The molecular weight excluding hydrogens is 258 g/mol. The molecule has 0 spiro atoms. The number of rotatable bonds is 4. The van der Waals surface area contributed by atoms with Gasteiger partial charge in [-0.05, 0) is 25.0 Å². The van der Waals surface area contributed by atoms with Crippen molar-refractivity contribution in [3.8, 4) is 0 Å². The van der Waals surface area contributed by atoms with Crippen molar-refractivity contribution < 1.29 is 19.4 Å². The third-order valence-corrected chi connectivity index (χ3v) is 3.75. The maximum atomic E-state index is 11.6. The summed E-state index contributed by atoms with van der Waals surface area (Å²) in [5.74, 6) is -0.879. The van der Waals surface area contributed by atoms with E-state index in [2.05, 4.69) is 0 Å². The first kappa shape index (κ1) is 14.8. The smallest absolute Gasteiger partial charge is 0.316 e. The number of para-hydroxylation sites is 1. The second kappa shape index (κ2) is 5.81. The Hall–Kier alpha value is -1.59. The summed E-state index contributed by atoms with van der Waals surface area (Å²) < 4.78 is 10.6.